The quantitative estimate of drug-likeness (QED) is 0.789. The average molecular weight is 239 g/mol. The van der Waals surface area contributed by atoms with Gasteiger partial charge in [-0.1, -0.05) is 22.0 Å². The third kappa shape index (κ3) is 1.28. The van der Waals surface area contributed by atoms with E-state index in [1.807, 2.05) is 6.20 Å². The van der Waals surface area contributed by atoms with E-state index in [2.05, 4.69) is 40.0 Å². The second-order valence-corrected chi connectivity index (χ2v) is 3.99. The first-order chi connectivity index (χ1) is 6.24. The first-order valence-electron chi connectivity index (χ1n) is 4.19. The highest BCUT2D eigenvalue weighted by Gasteiger charge is 2.07. The zero-order valence-electron chi connectivity index (χ0n) is 7.39. The van der Waals surface area contributed by atoms with Crippen LogP contribution in [0.4, 0.5) is 0 Å². The van der Waals surface area contributed by atoms with Gasteiger partial charge in [0.05, 0.1) is 0 Å². The van der Waals surface area contributed by atoms with Crippen LogP contribution in [0.25, 0.3) is 10.9 Å². The highest BCUT2D eigenvalue weighted by molar-refractivity contribution is 9.10. The van der Waals surface area contributed by atoms with E-state index < -0.39 is 0 Å². The maximum absolute atomic E-state index is 5.64. The van der Waals surface area contributed by atoms with Gasteiger partial charge in [-0.15, -0.1) is 0 Å². The smallest absolute Gasteiger partial charge is 0.0498 e. The van der Waals surface area contributed by atoms with Gasteiger partial charge in [-0.25, -0.2) is 0 Å². The molecule has 68 valence electrons. The lowest BCUT2D eigenvalue weighted by molar-refractivity contribution is 1.08. The zero-order chi connectivity index (χ0) is 9.42. The maximum Gasteiger partial charge on any atom is 0.0498 e. The monoisotopic (exact) mass is 238 g/mol. The largest absolute Gasteiger partial charge is 0.361 e. The van der Waals surface area contributed by atoms with Gasteiger partial charge in [0.2, 0.25) is 0 Å². The molecule has 13 heavy (non-hydrogen) atoms. The number of hydrogen-bond donors (Lipinski definition) is 2. The third-order valence-corrected chi connectivity index (χ3v) is 2.96. The molecule has 0 aliphatic rings. The van der Waals surface area contributed by atoms with Crippen molar-refractivity contribution >= 4 is 26.8 Å². The van der Waals surface area contributed by atoms with Crippen LogP contribution >= 0.6 is 15.9 Å². The number of H-pyrrole nitrogens is 1. The van der Waals surface area contributed by atoms with Crippen LogP contribution in [-0.4, -0.2) is 4.98 Å². The second kappa shape index (κ2) is 3.16. The summed E-state index contributed by atoms with van der Waals surface area (Å²) in [5.41, 5.74) is 9.22. The fourth-order valence-corrected chi connectivity index (χ4v) is 2.16. The number of fused-ring (bicyclic) bond motifs is 1. The van der Waals surface area contributed by atoms with Gasteiger partial charge in [0, 0.05) is 28.1 Å². The van der Waals surface area contributed by atoms with E-state index in [-0.39, 0.29) is 0 Å². The minimum atomic E-state index is 0.571. The van der Waals surface area contributed by atoms with E-state index in [0.29, 0.717) is 6.54 Å². The van der Waals surface area contributed by atoms with E-state index >= 15 is 0 Å². The molecule has 3 N–H and O–H groups in total. The molecule has 0 saturated heterocycles. The molecule has 0 saturated carbocycles. The summed E-state index contributed by atoms with van der Waals surface area (Å²) in [6.45, 7) is 2.66. The number of aryl methyl sites for hydroxylation is 1. The predicted octanol–water partition coefficient (Wildman–Crippen LogP) is 2.70. The van der Waals surface area contributed by atoms with Crippen LogP contribution in [0.3, 0.4) is 0 Å². The molecular formula is C10H11BrN2. The molecule has 0 fully saturated rings. The summed E-state index contributed by atoms with van der Waals surface area (Å²) >= 11 is 3.53. The molecule has 0 aliphatic carbocycles. The van der Waals surface area contributed by atoms with E-state index in [1.54, 1.807) is 0 Å². The Balaban J connectivity index is 2.87. The normalized spacial score (nSPS) is 11.0. The fraction of sp³-hybridized carbons (Fsp3) is 0.200. The van der Waals surface area contributed by atoms with Gasteiger partial charge < -0.3 is 10.7 Å². The Morgan fingerprint density at radius 3 is 2.92 bits per heavy atom. The highest BCUT2D eigenvalue weighted by Crippen LogP contribution is 2.28. The summed E-state index contributed by atoms with van der Waals surface area (Å²) in [6, 6.07) is 4.15. The van der Waals surface area contributed by atoms with Crippen molar-refractivity contribution in [3.8, 4) is 0 Å². The van der Waals surface area contributed by atoms with Crippen LogP contribution in [0.2, 0.25) is 0 Å². The van der Waals surface area contributed by atoms with Crippen molar-refractivity contribution < 1.29 is 0 Å². The summed E-state index contributed by atoms with van der Waals surface area (Å²) < 4.78 is 1.11. The molecular weight excluding hydrogens is 228 g/mol. The van der Waals surface area contributed by atoms with Crippen molar-refractivity contribution in [3.05, 3.63) is 33.9 Å². The van der Waals surface area contributed by atoms with Gasteiger partial charge in [-0.3, -0.25) is 0 Å². The van der Waals surface area contributed by atoms with Crippen LogP contribution in [0.5, 0.6) is 0 Å². The molecule has 0 atom stereocenters. The SMILES string of the molecule is Cc1ccc(Br)c2c(CN)c[nH]c12. The van der Waals surface area contributed by atoms with E-state index in [1.165, 1.54) is 16.5 Å². The molecule has 0 radical (unpaired) electrons. The molecule has 0 unspecified atom stereocenters. The van der Waals surface area contributed by atoms with Gasteiger partial charge in [-0.2, -0.15) is 0 Å². The van der Waals surface area contributed by atoms with Crippen LogP contribution in [-0.2, 0) is 6.54 Å². The molecule has 1 heterocycles. The Bertz CT molecular complexity index is 445. The van der Waals surface area contributed by atoms with Crippen LogP contribution in [0, 0.1) is 6.92 Å². The van der Waals surface area contributed by atoms with Gasteiger partial charge in [0.15, 0.2) is 0 Å². The summed E-state index contributed by atoms with van der Waals surface area (Å²) in [4.78, 5) is 3.24. The lowest BCUT2D eigenvalue weighted by Crippen LogP contribution is -1.94. The third-order valence-electron chi connectivity index (χ3n) is 2.29. The Labute approximate surface area is 85.3 Å². The van der Waals surface area contributed by atoms with Crippen LogP contribution in [0.15, 0.2) is 22.8 Å². The summed E-state index contributed by atoms with van der Waals surface area (Å²) in [7, 11) is 0. The van der Waals surface area contributed by atoms with Crippen molar-refractivity contribution in [1.29, 1.82) is 0 Å². The minimum Gasteiger partial charge on any atom is -0.361 e. The Morgan fingerprint density at radius 2 is 2.23 bits per heavy atom. The van der Waals surface area contributed by atoms with E-state index in [0.717, 1.165) is 10.0 Å². The second-order valence-electron chi connectivity index (χ2n) is 3.13. The first kappa shape index (κ1) is 8.78. The molecule has 2 aromatic rings. The fourth-order valence-electron chi connectivity index (χ4n) is 1.57. The van der Waals surface area contributed by atoms with Gasteiger partial charge >= 0.3 is 0 Å². The molecule has 3 heteroatoms. The number of halogens is 1. The van der Waals surface area contributed by atoms with Crippen molar-refractivity contribution in [3.63, 3.8) is 0 Å². The van der Waals surface area contributed by atoms with Gasteiger partial charge in [-0.05, 0) is 24.1 Å². The van der Waals surface area contributed by atoms with Crippen molar-refractivity contribution in [1.82, 2.24) is 4.98 Å². The number of hydrogen-bond acceptors (Lipinski definition) is 1. The Hall–Kier alpha value is -0.800. The Morgan fingerprint density at radius 1 is 1.46 bits per heavy atom. The van der Waals surface area contributed by atoms with Gasteiger partial charge in [0.25, 0.3) is 0 Å². The maximum atomic E-state index is 5.64. The predicted molar refractivity (Wildman–Crippen MR) is 58.6 cm³/mol. The van der Waals surface area contributed by atoms with E-state index in [9.17, 15) is 0 Å². The van der Waals surface area contributed by atoms with Crippen LogP contribution < -0.4 is 5.73 Å². The van der Waals surface area contributed by atoms with Crippen molar-refractivity contribution in [2.75, 3.05) is 0 Å². The molecule has 0 amide bonds. The lowest BCUT2D eigenvalue weighted by atomic mass is 10.1. The number of aromatic amines is 1. The topological polar surface area (TPSA) is 41.8 Å². The van der Waals surface area contributed by atoms with Crippen molar-refractivity contribution in [2.45, 2.75) is 13.5 Å². The minimum absolute atomic E-state index is 0.571. The average Bonchev–Trinajstić information content (AvgIpc) is 2.56. The number of nitrogens with two attached hydrogens (primary N) is 1. The molecule has 0 bridgehead atoms. The molecule has 2 nitrogen and oxygen atoms in total. The van der Waals surface area contributed by atoms with Gasteiger partial charge in [0.1, 0.15) is 0 Å². The number of benzene rings is 1. The summed E-state index contributed by atoms with van der Waals surface area (Å²) in [5, 5.41) is 1.21. The number of rotatable bonds is 1. The standard InChI is InChI=1S/C10H11BrN2/c1-6-2-3-8(11)9-7(4-12)5-13-10(6)9/h2-3,5,13H,4,12H2,1H3. The van der Waals surface area contributed by atoms with Crippen molar-refractivity contribution in [2.24, 2.45) is 5.73 Å². The Kier molecular flexibility index (Phi) is 2.14. The number of nitrogens with one attached hydrogen (secondary N) is 1. The van der Waals surface area contributed by atoms with Crippen LogP contribution in [0.1, 0.15) is 11.1 Å². The lowest BCUT2D eigenvalue weighted by Gasteiger charge is -2.00. The molecule has 0 aliphatic heterocycles. The molecule has 1 aromatic heterocycles. The van der Waals surface area contributed by atoms with E-state index in [4.69, 9.17) is 5.73 Å². The molecule has 2 rings (SSSR count). The summed E-state index contributed by atoms with van der Waals surface area (Å²) in [6.07, 6.45) is 1.97. The zero-order valence-corrected chi connectivity index (χ0v) is 8.98. The first-order valence-corrected chi connectivity index (χ1v) is 4.98. The number of aromatic nitrogens is 1. The highest BCUT2D eigenvalue weighted by atomic mass is 79.9. The molecule has 0 spiro atoms. The summed E-state index contributed by atoms with van der Waals surface area (Å²) in [5.74, 6) is 0. The molecule has 1 aromatic carbocycles.